The summed E-state index contributed by atoms with van der Waals surface area (Å²) < 4.78 is 0. The first kappa shape index (κ1) is 14.4. The van der Waals surface area contributed by atoms with Crippen LogP contribution in [0.25, 0.3) is 0 Å². The third-order valence-corrected chi connectivity index (χ3v) is 3.26. The number of carbonyl (C=O) groups is 1. The summed E-state index contributed by atoms with van der Waals surface area (Å²) in [6.45, 7) is 0. The molecular formula is C14H11Cl2N3O. The van der Waals surface area contributed by atoms with Crippen molar-refractivity contribution in [3.05, 3.63) is 69.7 Å². The second-order valence-electron chi connectivity index (χ2n) is 3.93. The maximum Gasteiger partial charge on any atom is 0.332 e. The van der Waals surface area contributed by atoms with Crippen molar-refractivity contribution < 1.29 is 4.79 Å². The van der Waals surface area contributed by atoms with E-state index in [-0.39, 0.29) is 0 Å². The Kier molecular flexibility index (Phi) is 4.61. The molecule has 102 valence electrons. The number of nitrogens with zero attached hydrogens (tertiary/aromatic N) is 1. The Bertz CT molecular complexity index is 657. The molecule has 2 aromatic carbocycles. The van der Waals surface area contributed by atoms with Gasteiger partial charge in [-0.3, -0.25) is 0 Å². The Morgan fingerprint density at radius 2 is 1.70 bits per heavy atom. The topological polar surface area (TPSA) is 67.5 Å². The molecule has 0 radical (unpaired) electrons. The fraction of sp³-hybridized carbons (Fsp3) is 0. The zero-order valence-electron chi connectivity index (χ0n) is 10.3. The summed E-state index contributed by atoms with van der Waals surface area (Å²) in [5.41, 5.74) is 9.36. The molecule has 0 unspecified atom stereocenters. The number of hydrazone groups is 1. The van der Waals surface area contributed by atoms with E-state index < -0.39 is 6.03 Å². The first-order valence-electron chi connectivity index (χ1n) is 5.72. The average Bonchev–Trinajstić information content (AvgIpc) is 2.44. The van der Waals surface area contributed by atoms with Crippen LogP contribution >= 0.6 is 23.2 Å². The highest BCUT2D eigenvalue weighted by atomic mass is 35.5. The van der Waals surface area contributed by atoms with E-state index in [1.54, 1.807) is 18.2 Å². The molecule has 0 aromatic heterocycles. The summed E-state index contributed by atoms with van der Waals surface area (Å²) >= 11 is 11.9. The maximum absolute atomic E-state index is 10.8. The first-order valence-corrected chi connectivity index (χ1v) is 6.47. The van der Waals surface area contributed by atoms with E-state index in [2.05, 4.69) is 10.5 Å². The van der Waals surface area contributed by atoms with Crippen LogP contribution in [0.1, 0.15) is 11.1 Å². The number of benzene rings is 2. The van der Waals surface area contributed by atoms with Gasteiger partial charge in [-0.25, -0.2) is 10.2 Å². The Morgan fingerprint density at radius 1 is 1.00 bits per heavy atom. The number of hydrogen-bond acceptors (Lipinski definition) is 2. The van der Waals surface area contributed by atoms with Gasteiger partial charge >= 0.3 is 6.03 Å². The lowest BCUT2D eigenvalue weighted by Crippen LogP contribution is -2.26. The number of amides is 2. The standard InChI is InChI=1S/C14H11Cl2N3O/c15-11-7-6-10(8-12(11)16)13(18-19-14(17)20)9-4-2-1-3-5-9/h1-8H,(H3,17,19,20). The quantitative estimate of drug-likeness (QED) is 0.662. The Hall–Kier alpha value is -2.04. The van der Waals surface area contributed by atoms with Gasteiger partial charge in [0.15, 0.2) is 0 Å². The zero-order chi connectivity index (χ0) is 14.5. The van der Waals surface area contributed by atoms with Crippen LogP contribution in [0.2, 0.25) is 10.0 Å². The van der Waals surface area contributed by atoms with E-state index in [1.807, 2.05) is 30.3 Å². The molecule has 6 heteroatoms. The van der Waals surface area contributed by atoms with E-state index in [0.717, 1.165) is 11.1 Å². The van der Waals surface area contributed by atoms with Gasteiger partial charge in [-0.2, -0.15) is 5.10 Å². The molecule has 0 aliphatic rings. The molecule has 0 spiro atoms. The lowest BCUT2D eigenvalue weighted by Gasteiger charge is -2.08. The Balaban J connectivity index is 2.48. The minimum Gasteiger partial charge on any atom is -0.350 e. The van der Waals surface area contributed by atoms with Gasteiger partial charge in [-0.1, -0.05) is 59.6 Å². The Labute approximate surface area is 126 Å². The fourth-order valence-corrected chi connectivity index (χ4v) is 1.94. The zero-order valence-corrected chi connectivity index (χ0v) is 11.8. The normalized spacial score (nSPS) is 11.2. The molecule has 0 aliphatic heterocycles. The molecule has 2 rings (SSSR count). The van der Waals surface area contributed by atoms with Gasteiger partial charge < -0.3 is 5.73 Å². The van der Waals surface area contributed by atoms with Crippen LogP contribution in [-0.2, 0) is 0 Å². The maximum atomic E-state index is 10.8. The van der Waals surface area contributed by atoms with Crippen molar-refractivity contribution in [3.8, 4) is 0 Å². The second kappa shape index (κ2) is 6.41. The summed E-state index contributed by atoms with van der Waals surface area (Å²) in [5, 5.41) is 4.88. The van der Waals surface area contributed by atoms with E-state index >= 15 is 0 Å². The Morgan fingerprint density at radius 3 is 2.30 bits per heavy atom. The van der Waals surface area contributed by atoms with Crippen molar-refractivity contribution >= 4 is 34.9 Å². The number of carbonyl (C=O) groups excluding carboxylic acids is 1. The molecule has 20 heavy (non-hydrogen) atoms. The summed E-state index contributed by atoms with van der Waals surface area (Å²) in [5.74, 6) is 0. The highest BCUT2D eigenvalue weighted by molar-refractivity contribution is 6.42. The van der Waals surface area contributed by atoms with Crippen LogP contribution in [0.5, 0.6) is 0 Å². The number of halogens is 2. The monoisotopic (exact) mass is 307 g/mol. The van der Waals surface area contributed by atoms with Crippen LogP contribution in [0.3, 0.4) is 0 Å². The van der Waals surface area contributed by atoms with Gasteiger partial charge in [0.05, 0.1) is 15.8 Å². The number of hydrogen-bond donors (Lipinski definition) is 2. The minimum atomic E-state index is -0.738. The highest BCUT2D eigenvalue weighted by Gasteiger charge is 2.09. The van der Waals surface area contributed by atoms with Crippen molar-refractivity contribution in [1.82, 2.24) is 5.43 Å². The third-order valence-electron chi connectivity index (χ3n) is 2.52. The summed E-state index contributed by atoms with van der Waals surface area (Å²) in [4.78, 5) is 10.8. The molecule has 4 nitrogen and oxygen atoms in total. The number of nitrogens with one attached hydrogen (secondary N) is 1. The van der Waals surface area contributed by atoms with Crippen LogP contribution in [-0.4, -0.2) is 11.7 Å². The van der Waals surface area contributed by atoms with Gasteiger partial charge in [-0.05, 0) is 12.1 Å². The molecule has 0 heterocycles. The van der Waals surface area contributed by atoms with Crippen molar-refractivity contribution in [3.63, 3.8) is 0 Å². The van der Waals surface area contributed by atoms with Gasteiger partial charge in [0.2, 0.25) is 0 Å². The van der Waals surface area contributed by atoms with E-state index in [4.69, 9.17) is 28.9 Å². The first-order chi connectivity index (χ1) is 9.58. The van der Waals surface area contributed by atoms with E-state index in [1.165, 1.54) is 0 Å². The van der Waals surface area contributed by atoms with Gasteiger partial charge in [-0.15, -0.1) is 0 Å². The number of nitrogens with two attached hydrogens (primary N) is 1. The molecule has 2 aromatic rings. The smallest absolute Gasteiger partial charge is 0.332 e. The predicted octanol–water partition coefficient (Wildman–Crippen LogP) is 3.41. The second-order valence-corrected chi connectivity index (χ2v) is 4.75. The van der Waals surface area contributed by atoms with E-state index in [0.29, 0.717) is 15.8 Å². The molecule has 3 N–H and O–H groups in total. The molecule has 0 saturated carbocycles. The number of rotatable bonds is 3. The van der Waals surface area contributed by atoms with Crippen LogP contribution in [0.15, 0.2) is 53.6 Å². The van der Waals surface area contributed by atoms with Gasteiger partial charge in [0.25, 0.3) is 0 Å². The molecule has 0 aliphatic carbocycles. The molecule has 0 fully saturated rings. The predicted molar refractivity (Wildman–Crippen MR) is 81.3 cm³/mol. The number of primary amides is 1. The van der Waals surface area contributed by atoms with Crippen molar-refractivity contribution in [2.24, 2.45) is 10.8 Å². The van der Waals surface area contributed by atoms with Gasteiger partial charge in [0.1, 0.15) is 0 Å². The highest BCUT2D eigenvalue weighted by Crippen LogP contribution is 2.24. The molecular weight excluding hydrogens is 297 g/mol. The van der Waals surface area contributed by atoms with Crippen molar-refractivity contribution in [2.45, 2.75) is 0 Å². The number of urea groups is 1. The largest absolute Gasteiger partial charge is 0.350 e. The summed E-state index contributed by atoms with van der Waals surface area (Å²) in [7, 11) is 0. The summed E-state index contributed by atoms with van der Waals surface area (Å²) in [6, 6.07) is 13.7. The summed E-state index contributed by atoms with van der Waals surface area (Å²) in [6.07, 6.45) is 0. The van der Waals surface area contributed by atoms with Gasteiger partial charge in [0, 0.05) is 11.1 Å². The van der Waals surface area contributed by atoms with Crippen molar-refractivity contribution in [1.29, 1.82) is 0 Å². The third kappa shape index (κ3) is 3.50. The van der Waals surface area contributed by atoms with Crippen LogP contribution in [0.4, 0.5) is 4.79 Å². The van der Waals surface area contributed by atoms with E-state index in [9.17, 15) is 4.79 Å². The molecule has 2 amide bonds. The lowest BCUT2D eigenvalue weighted by atomic mass is 10.0. The van der Waals surface area contributed by atoms with Crippen LogP contribution in [0, 0.1) is 0 Å². The lowest BCUT2D eigenvalue weighted by molar-refractivity contribution is 0.249. The minimum absolute atomic E-state index is 0.409. The average molecular weight is 308 g/mol. The molecule has 0 bridgehead atoms. The van der Waals surface area contributed by atoms with Crippen LogP contribution < -0.4 is 11.2 Å². The van der Waals surface area contributed by atoms with Crippen molar-refractivity contribution in [2.75, 3.05) is 0 Å². The molecule has 0 atom stereocenters. The SMILES string of the molecule is NC(=O)NN=C(c1ccccc1)c1ccc(Cl)c(Cl)c1. The molecule has 0 saturated heterocycles. The fourth-order valence-electron chi connectivity index (χ4n) is 1.65.